The van der Waals surface area contributed by atoms with Gasteiger partial charge in [-0.1, -0.05) is 18.2 Å². The largest absolute Gasteiger partial charge is 0.373 e. The van der Waals surface area contributed by atoms with E-state index in [0.29, 0.717) is 0 Å². The molecule has 0 fully saturated rings. The maximum Gasteiger partial charge on any atom is 0.123 e. The van der Waals surface area contributed by atoms with Gasteiger partial charge < -0.3 is 10.2 Å². The first-order chi connectivity index (χ1) is 10.0. The summed E-state index contributed by atoms with van der Waals surface area (Å²) in [4.78, 5) is 2.13. The van der Waals surface area contributed by atoms with E-state index in [-0.39, 0.29) is 11.9 Å². The van der Waals surface area contributed by atoms with Crippen LogP contribution in [0.25, 0.3) is 0 Å². The van der Waals surface area contributed by atoms with E-state index in [1.807, 2.05) is 26.2 Å². The number of halogens is 1. The van der Waals surface area contributed by atoms with E-state index in [1.165, 1.54) is 28.8 Å². The maximum absolute atomic E-state index is 13.0. The first-order valence-corrected chi connectivity index (χ1v) is 7.22. The van der Waals surface area contributed by atoms with Crippen molar-refractivity contribution in [3.05, 3.63) is 65.0 Å². The Kier molecular flexibility index (Phi) is 4.97. The minimum atomic E-state index is -0.202. The summed E-state index contributed by atoms with van der Waals surface area (Å²) in [5.41, 5.74) is 4.90. The number of likely N-dealkylation sites (N-methyl/N-ethyl adjacent to an activating group) is 2. The number of rotatable bonds is 5. The maximum atomic E-state index is 13.0. The second kappa shape index (κ2) is 6.72. The zero-order valence-corrected chi connectivity index (χ0v) is 13.2. The summed E-state index contributed by atoms with van der Waals surface area (Å²) in [5, 5.41) is 3.36. The smallest absolute Gasteiger partial charge is 0.123 e. The molecule has 21 heavy (non-hydrogen) atoms. The highest BCUT2D eigenvalue weighted by atomic mass is 19.1. The highest BCUT2D eigenvalue weighted by Crippen LogP contribution is 2.21. The molecule has 0 bridgehead atoms. The molecule has 0 radical (unpaired) electrons. The third kappa shape index (κ3) is 3.82. The Labute approximate surface area is 126 Å². The van der Waals surface area contributed by atoms with Gasteiger partial charge in [-0.15, -0.1) is 0 Å². The molecule has 0 aliphatic carbocycles. The summed E-state index contributed by atoms with van der Waals surface area (Å²) in [6.07, 6.45) is 0. The fourth-order valence-corrected chi connectivity index (χ4v) is 2.42. The molecule has 2 aromatic carbocycles. The van der Waals surface area contributed by atoms with Gasteiger partial charge in [0.25, 0.3) is 0 Å². The van der Waals surface area contributed by atoms with Crippen LogP contribution in [0.4, 0.5) is 10.1 Å². The molecule has 0 spiro atoms. The summed E-state index contributed by atoms with van der Waals surface area (Å²) in [5.74, 6) is -0.202. The number of hydrogen-bond acceptors (Lipinski definition) is 2. The Morgan fingerprint density at radius 1 is 1.05 bits per heavy atom. The van der Waals surface area contributed by atoms with Gasteiger partial charge in [0.05, 0.1) is 0 Å². The van der Waals surface area contributed by atoms with E-state index in [1.54, 1.807) is 0 Å². The standard InChI is InChI=1S/C18H23FN2/c1-13-5-6-15(11-14(13)2)18(20-3)12-21(4)17-9-7-16(19)8-10-17/h5-11,18,20H,12H2,1-4H3. The summed E-state index contributed by atoms with van der Waals surface area (Å²) < 4.78 is 13.0. The van der Waals surface area contributed by atoms with Gasteiger partial charge in [-0.3, -0.25) is 0 Å². The van der Waals surface area contributed by atoms with Gasteiger partial charge in [0.1, 0.15) is 5.82 Å². The van der Waals surface area contributed by atoms with Crippen molar-refractivity contribution >= 4 is 5.69 Å². The Hall–Kier alpha value is -1.87. The summed E-state index contributed by atoms with van der Waals surface area (Å²) in [6, 6.07) is 13.4. The minimum Gasteiger partial charge on any atom is -0.373 e. The van der Waals surface area contributed by atoms with Crippen LogP contribution >= 0.6 is 0 Å². The van der Waals surface area contributed by atoms with Crippen LogP contribution in [0.3, 0.4) is 0 Å². The molecular formula is C18H23FN2. The van der Waals surface area contributed by atoms with Crippen molar-refractivity contribution in [2.24, 2.45) is 0 Å². The normalized spacial score (nSPS) is 12.2. The molecule has 0 aliphatic heterocycles. The topological polar surface area (TPSA) is 15.3 Å². The molecular weight excluding hydrogens is 263 g/mol. The molecule has 1 atom stereocenters. The Morgan fingerprint density at radius 3 is 2.29 bits per heavy atom. The van der Waals surface area contributed by atoms with Crippen LogP contribution in [-0.4, -0.2) is 20.6 Å². The third-order valence-electron chi connectivity index (χ3n) is 4.01. The molecule has 112 valence electrons. The van der Waals surface area contributed by atoms with Gasteiger partial charge >= 0.3 is 0 Å². The molecule has 1 N–H and O–H groups in total. The van der Waals surface area contributed by atoms with Crippen molar-refractivity contribution in [3.8, 4) is 0 Å². The molecule has 0 heterocycles. The number of nitrogens with one attached hydrogen (secondary N) is 1. The van der Waals surface area contributed by atoms with Crippen LogP contribution in [0.5, 0.6) is 0 Å². The Bertz CT molecular complexity index is 593. The second-order valence-electron chi connectivity index (χ2n) is 5.54. The molecule has 3 heteroatoms. The van der Waals surface area contributed by atoms with Gasteiger partial charge in [-0.25, -0.2) is 4.39 Å². The van der Waals surface area contributed by atoms with E-state index in [2.05, 4.69) is 42.3 Å². The lowest BCUT2D eigenvalue weighted by atomic mass is 10.0. The Morgan fingerprint density at radius 2 is 1.71 bits per heavy atom. The molecule has 0 aliphatic rings. The van der Waals surface area contributed by atoms with Gasteiger partial charge in [-0.2, -0.15) is 0 Å². The lowest BCUT2D eigenvalue weighted by Crippen LogP contribution is -2.31. The number of anilines is 1. The molecule has 1 unspecified atom stereocenters. The number of hydrogen-bond donors (Lipinski definition) is 1. The molecule has 0 saturated carbocycles. The van der Waals surface area contributed by atoms with Gasteiger partial charge in [0.2, 0.25) is 0 Å². The van der Waals surface area contributed by atoms with Crippen LogP contribution in [0.1, 0.15) is 22.7 Å². The number of benzene rings is 2. The first-order valence-electron chi connectivity index (χ1n) is 7.22. The highest BCUT2D eigenvalue weighted by Gasteiger charge is 2.13. The van der Waals surface area contributed by atoms with E-state index in [4.69, 9.17) is 0 Å². The summed E-state index contributed by atoms with van der Waals surface area (Å²) in [6.45, 7) is 5.08. The van der Waals surface area contributed by atoms with Crippen LogP contribution in [-0.2, 0) is 0 Å². The molecule has 0 aromatic heterocycles. The number of nitrogens with zero attached hydrogens (tertiary/aromatic N) is 1. The van der Waals surface area contributed by atoms with Crippen molar-refractivity contribution in [2.75, 3.05) is 25.5 Å². The van der Waals surface area contributed by atoms with Crippen molar-refractivity contribution in [1.82, 2.24) is 5.32 Å². The average molecular weight is 286 g/mol. The van der Waals surface area contributed by atoms with Gasteiger partial charge in [0.15, 0.2) is 0 Å². The molecule has 2 rings (SSSR count). The highest BCUT2D eigenvalue weighted by molar-refractivity contribution is 5.46. The third-order valence-corrected chi connectivity index (χ3v) is 4.01. The van der Waals surface area contributed by atoms with Gasteiger partial charge in [-0.05, 0) is 61.9 Å². The van der Waals surface area contributed by atoms with Crippen LogP contribution < -0.4 is 10.2 Å². The first kappa shape index (κ1) is 15.5. The van der Waals surface area contributed by atoms with Gasteiger partial charge in [0, 0.05) is 25.3 Å². The summed E-state index contributed by atoms with van der Waals surface area (Å²) >= 11 is 0. The van der Waals surface area contributed by atoms with Crippen LogP contribution in [0, 0.1) is 19.7 Å². The van der Waals surface area contributed by atoms with Crippen molar-refractivity contribution in [1.29, 1.82) is 0 Å². The van der Waals surface area contributed by atoms with Crippen molar-refractivity contribution in [2.45, 2.75) is 19.9 Å². The van der Waals surface area contributed by atoms with E-state index < -0.39 is 0 Å². The van der Waals surface area contributed by atoms with E-state index >= 15 is 0 Å². The quantitative estimate of drug-likeness (QED) is 0.898. The van der Waals surface area contributed by atoms with Crippen molar-refractivity contribution < 1.29 is 4.39 Å². The molecule has 2 aromatic rings. The number of aryl methyl sites for hydroxylation is 2. The molecule has 0 saturated heterocycles. The van der Waals surface area contributed by atoms with Crippen molar-refractivity contribution in [3.63, 3.8) is 0 Å². The summed E-state index contributed by atoms with van der Waals surface area (Å²) in [7, 11) is 4.00. The Balaban J connectivity index is 2.14. The second-order valence-corrected chi connectivity index (χ2v) is 5.54. The fourth-order valence-electron chi connectivity index (χ4n) is 2.42. The molecule has 0 amide bonds. The zero-order chi connectivity index (χ0) is 15.4. The van der Waals surface area contributed by atoms with E-state index in [9.17, 15) is 4.39 Å². The monoisotopic (exact) mass is 286 g/mol. The lowest BCUT2D eigenvalue weighted by Gasteiger charge is -2.26. The zero-order valence-electron chi connectivity index (χ0n) is 13.2. The van der Waals surface area contributed by atoms with Crippen LogP contribution in [0.15, 0.2) is 42.5 Å². The predicted molar refractivity (Wildman–Crippen MR) is 87.4 cm³/mol. The molecule has 2 nitrogen and oxygen atoms in total. The van der Waals surface area contributed by atoms with E-state index in [0.717, 1.165) is 12.2 Å². The minimum absolute atomic E-state index is 0.202. The fraction of sp³-hybridized carbons (Fsp3) is 0.333. The van der Waals surface area contributed by atoms with Crippen LogP contribution in [0.2, 0.25) is 0 Å². The average Bonchev–Trinajstić information content (AvgIpc) is 2.48. The lowest BCUT2D eigenvalue weighted by molar-refractivity contribution is 0.588. The predicted octanol–water partition coefficient (Wildman–Crippen LogP) is 3.84. The SMILES string of the molecule is CNC(CN(C)c1ccc(F)cc1)c1ccc(C)c(C)c1.